The summed E-state index contributed by atoms with van der Waals surface area (Å²) in [5.74, 6) is 1.46. The topological polar surface area (TPSA) is 102 Å². The molecule has 2 N–H and O–H groups in total. The molecule has 37 heavy (non-hydrogen) atoms. The van der Waals surface area contributed by atoms with Gasteiger partial charge in [0, 0.05) is 42.1 Å². The van der Waals surface area contributed by atoms with Crippen molar-refractivity contribution >= 4 is 50.8 Å². The minimum atomic E-state index is -0.339. The highest BCUT2D eigenvalue weighted by molar-refractivity contribution is 6.19. The smallest absolute Gasteiger partial charge is 0.274 e. The van der Waals surface area contributed by atoms with Crippen LogP contribution in [0.4, 0.5) is 5.69 Å². The number of carbonyl (C=O) groups is 2. The van der Waals surface area contributed by atoms with Crippen LogP contribution in [-0.2, 0) is 4.79 Å². The van der Waals surface area contributed by atoms with Gasteiger partial charge in [0.1, 0.15) is 5.69 Å². The first-order valence-electron chi connectivity index (χ1n) is 11.6. The molecule has 1 unspecified atom stereocenters. The van der Waals surface area contributed by atoms with Crippen LogP contribution >= 0.6 is 11.6 Å². The fourth-order valence-corrected chi connectivity index (χ4v) is 5.20. The monoisotopic (exact) mass is 523 g/mol. The fraction of sp³-hybridized carbons (Fsp3) is 0.259. The van der Waals surface area contributed by atoms with E-state index < -0.39 is 0 Å². The summed E-state index contributed by atoms with van der Waals surface area (Å²) in [4.78, 5) is 35.9. The largest absolute Gasteiger partial charge is 0.493 e. The number of benzene rings is 3. The SMILES string of the molecule is COc1cc2cc(C(=O)N3CC(CCl)c4c3cc(ONC(C)=O)c3ccccc43)[nH]c2c(OC)c1OC. The van der Waals surface area contributed by atoms with Crippen molar-refractivity contribution in [2.24, 2.45) is 0 Å². The molecule has 1 atom stereocenters. The van der Waals surface area contributed by atoms with Crippen LogP contribution in [0.15, 0.2) is 42.5 Å². The minimum absolute atomic E-state index is 0.0839. The molecule has 1 aliphatic heterocycles. The number of fused-ring (bicyclic) bond motifs is 4. The molecule has 2 heterocycles. The van der Waals surface area contributed by atoms with E-state index in [4.69, 9.17) is 30.6 Å². The molecule has 0 bridgehead atoms. The quantitative estimate of drug-likeness (QED) is 0.267. The second-order valence-electron chi connectivity index (χ2n) is 8.67. The van der Waals surface area contributed by atoms with E-state index in [1.165, 1.54) is 21.1 Å². The zero-order valence-corrected chi connectivity index (χ0v) is 21.6. The highest BCUT2D eigenvalue weighted by atomic mass is 35.5. The first kappa shape index (κ1) is 24.6. The standard InChI is InChI=1S/C27H26ClN3O6/c1-14(32)30-37-21-11-20-23(18-8-6-5-7-17(18)21)16(12-28)13-31(20)27(33)19-9-15-10-22(34-2)25(35-3)26(36-4)24(15)29-19/h5-11,16,29H,12-13H2,1-4H3,(H,30,32). The molecule has 5 rings (SSSR count). The van der Waals surface area contributed by atoms with Crippen molar-refractivity contribution in [3.63, 3.8) is 0 Å². The van der Waals surface area contributed by atoms with Crippen molar-refractivity contribution in [1.29, 1.82) is 0 Å². The first-order chi connectivity index (χ1) is 17.9. The van der Waals surface area contributed by atoms with Gasteiger partial charge in [-0.1, -0.05) is 24.3 Å². The van der Waals surface area contributed by atoms with Gasteiger partial charge in [-0.3, -0.25) is 9.59 Å². The van der Waals surface area contributed by atoms with Crippen LogP contribution in [0.1, 0.15) is 28.9 Å². The van der Waals surface area contributed by atoms with Gasteiger partial charge in [-0.25, -0.2) is 0 Å². The third-order valence-electron chi connectivity index (χ3n) is 6.52. The van der Waals surface area contributed by atoms with E-state index >= 15 is 0 Å². The molecule has 0 spiro atoms. The van der Waals surface area contributed by atoms with Crippen LogP contribution in [-0.4, -0.2) is 50.6 Å². The molecular weight excluding hydrogens is 498 g/mol. The van der Waals surface area contributed by atoms with E-state index in [1.54, 1.807) is 30.2 Å². The van der Waals surface area contributed by atoms with Crippen LogP contribution in [0.2, 0.25) is 0 Å². The summed E-state index contributed by atoms with van der Waals surface area (Å²) in [6.07, 6.45) is 0. The lowest BCUT2D eigenvalue weighted by atomic mass is 9.95. The average Bonchev–Trinajstić information content (AvgIpc) is 3.51. The number of halogens is 1. The minimum Gasteiger partial charge on any atom is -0.493 e. The van der Waals surface area contributed by atoms with Gasteiger partial charge >= 0.3 is 0 Å². The lowest BCUT2D eigenvalue weighted by Gasteiger charge is -2.18. The third kappa shape index (κ3) is 4.05. The number of nitrogens with one attached hydrogen (secondary N) is 2. The molecule has 2 amide bonds. The maximum atomic E-state index is 13.9. The van der Waals surface area contributed by atoms with Crippen LogP contribution in [0.3, 0.4) is 0 Å². The van der Waals surface area contributed by atoms with Crippen molar-refractivity contribution in [3.05, 3.63) is 53.7 Å². The molecule has 9 nitrogen and oxygen atoms in total. The molecule has 0 saturated heterocycles. The Morgan fingerprint density at radius 1 is 1.03 bits per heavy atom. The second-order valence-corrected chi connectivity index (χ2v) is 8.98. The molecule has 0 saturated carbocycles. The van der Waals surface area contributed by atoms with Gasteiger partial charge in [-0.05, 0) is 23.1 Å². The molecule has 1 aromatic heterocycles. The van der Waals surface area contributed by atoms with E-state index in [0.717, 1.165) is 21.7 Å². The first-order valence-corrected chi connectivity index (χ1v) is 12.1. The van der Waals surface area contributed by atoms with E-state index in [9.17, 15) is 9.59 Å². The predicted octanol–water partition coefficient (Wildman–Crippen LogP) is 4.76. The lowest BCUT2D eigenvalue weighted by Crippen LogP contribution is -2.30. The van der Waals surface area contributed by atoms with Crippen LogP contribution in [0.25, 0.3) is 21.7 Å². The number of hydrogen-bond donors (Lipinski definition) is 2. The average molecular weight is 524 g/mol. The molecule has 192 valence electrons. The Balaban J connectivity index is 1.64. The number of aromatic amines is 1. The molecule has 0 radical (unpaired) electrons. The number of carbonyl (C=O) groups excluding carboxylic acids is 2. The molecule has 0 aliphatic carbocycles. The second kappa shape index (κ2) is 9.74. The van der Waals surface area contributed by atoms with Gasteiger partial charge in [0.2, 0.25) is 11.7 Å². The van der Waals surface area contributed by atoms with Gasteiger partial charge < -0.3 is 28.9 Å². The Labute approximate surface area is 218 Å². The number of nitrogens with zero attached hydrogens (tertiary/aromatic N) is 1. The fourth-order valence-electron chi connectivity index (χ4n) is 4.95. The van der Waals surface area contributed by atoms with Crippen molar-refractivity contribution in [2.45, 2.75) is 12.8 Å². The summed E-state index contributed by atoms with van der Waals surface area (Å²) < 4.78 is 16.5. The summed E-state index contributed by atoms with van der Waals surface area (Å²) in [7, 11) is 4.60. The number of ether oxygens (including phenoxy) is 3. The van der Waals surface area contributed by atoms with Gasteiger partial charge in [0.15, 0.2) is 17.2 Å². The zero-order valence-electron chi connectivity index (χ0n) is 20.8. The van der Waals surface area contributed by atoms with E-state index in [1.807, 2.05) is 24.3 Å². The highest BCUT2D eigenvalue weighted by Gasteiger charge is 2.36. The van der Waals surface area contributed by atoms with Crippen molar-refractivity contribution < 1.29 is 28.6 Å². The maximum Gasteiger partial charge on any atom is 0.274 e. The van der Waals surface area contributed by atoms with Crippen molar-refractivity contribution in [2.75, 3.05) is 38.7 Å². The Kier molecular flexibility index (Phi) is 6.47. The van der Waals surface area contributed by atoms with Crippen LogP contribution < -0.4 is 29.4 Å². The van der Waals surface area contributed by atoms with Gasteiger partial charge in [0.05, 0.1) is 32.5 Å². The number of hydroxylamine groups is 1. The molecule has 4 aromatic rings. The van der Waals surface area contributed by atoms with Gasteiger partial charge in [-0.2, -0.15) is 5.48 Å². The summed E-state index contributed by atoms with van der Waals surface area (Å²) in [5, 5.41) is 2.46. The molecule has 10 heteroatoms. The summed E-state index contributed by atoms with van der Waals surface area (Å²) in [5.41, 5.74) is 5.01. The Bertz CT molecular complexity index is 1530. The summed E-state index contributed by atoms with van der Waals surface area (Å²) in [6, 6.07) is 13.0. The zero-order chi connectivity index (χ0) is 26.3. The molecular formula is C27H26ClN3O6. The number of amides is 2. The Morgan fingerprint density at radius 2 is 1.76 bits per heavy atom. The molecule has 1 aliphatic rings. The lowest BCUT2D eigenvalue weighted by molar-refractivity contribution is -0.125. The normalized spacial score (nSPS) is 14.5. The van der Waals surface area contributed by atoms with Gasteiger partial charge in [0.25, 0.3) is 5.91 Å². The number of aromatic nitrogens is 1. The van der Waals surface area contributed by atoms with E-state index in [0.29, 0.717) is 52.3 Å². The predicted molar refractivity (Wildman–Crippen MR) is 141 cm³/mol. The molecule has 3 aromatic carbocycles. The number of methoxy groups -OCH3 is 3. The number of anilines is 1. The summed E-state index contributed by atoms with van der Waals surface area (Å²) in [6.45, 7) is 1.76. The third-order valence-corrected chi connectivity index (χ3v) is 6.89. The number of H-pyrrole nitrogens is 1. The van der Waals surface area contributed by atoms with Crippen molar-refractivity contribution in [3.8, 4) is 23.0 Å². The highest BCUT2D eigenvalue weighted by Crippen LogP contribution is 2.47. The number of alkyl halides is 1. The number of hydrogen-bond acceptors (Lipinski definition) is 6. The summed E-state index contributed by atoms with van der Waals surface area (Å²) >= 11 is 6.39. The Morgan fingerprint density at radius 3 is 2.41 bits per heavy atom. The van der Waals surface area contributed by atoms with E-state index in [-0.39, 0.29) is 17.7 Å². The Hall–Kier alpha value is -4.11. The maximum absolute atomic E-state index is 13.9. The van der Waals surface area contributed by atoms with E-state index in [2.05, 4.69) is 10.5 Å². The van der Waals surface area contributed by atoms with Gasteiger partial charge in [-0.15, -0.1) is 11.6 Å². The van der Waals surface area contributed by atoms with Crippen LogP contribution in [0, 0.1) is 0 Å². The number of rotatable bonds is 7. The van der Waals surface area contributed by atoms with Crippen LogP contribution in [0.5, 0.6) is 23.0 Å². The van der Waals surface area contributed by atoms with Crippen molar-refractivity contribution in [1.82, 2.24) is 10.5 Å². The molecule has 0 fully saturated rings.